The molecule has 66 valence electrons. The molecule has 1 N–H and O–H groups in total. The second-order valence-corrected chi connectivity index (χ2v) is 4.48. The third kappa shape index (κ3) is 1.68. The van der Waals surface area contributed by atoms with Crippen LogP contribution in [0.1, 0.15) is 0 Å². The summed E-state index contributed by atoms with van der Waals surface area (Å²) in [5, 5.41) is 17.7. The van der Waals surface area contributed by atoms with E-state index < -0.39 is 0 Å². The zero-order valence-electron chi connectivity index (χ0n) is 6.31. The van der Waals surface area contributed by atoms with Gasteiger partial charge in [0.15, 0.2) is 8.92 Å². The van der Waals surface area contributed by atoms with E-state index in [1.165, 1.54) is 11.3 Å². The van der Waals surface area contributed by atoms with Crippen LogP contribution >= 0.6 is 27.3 Å². The molecule has 0 spiro atoms. The standard InChI is InChI=1S/C7H4BrN3OS/c8-7-11-10-6(13-7)5-4(12)2-1-3-9-5/h1-3,12H. The zero-order chi connectivity index (χ0) is 9.26. The molecule has 0 aliphatic carbocycles. The molecule has 0 aromatic carbocycles. The highest BCUT2D eigenvalue weighted by molar-refractivity contribution is 9.11. The summed E-state index contributed by atoms with van der Waals surface area (Å²) in [6, 6.07) is 3.23. The van der Waals surface area contributed by atoms with Crippen molar-refractivity contribution in [3.05, 3.63) is 22.2 Å². The maximum absolute atomic E-state index is 9.43. The third-order valence-corrected chi connectivity index (χ3v) is 2.75. The lowest BCUT2D eigenvalue weighted by atomic mass is 10.3. The van der Waals surface area contributed by atoms with Gasteiger partial charge in [-0.05, 0) is 28.1 Å². The van der Waals surface area contributed by atoms with E-state index in [1.807, 2.05) is 0 Å². The molecule has 2 aromatic heterocycles. The Labute approximate surface area is 86.4 Å². The predicted octanol–water partition coefficient (Wildman–Crippen LogP) is 2.07. The van der Waals surface area contributed by atoms with Crippen LogP contribution in [0.15, 0.2) is 22.2 Å². The normalized spacial score (nSPS) is 10.2. The largest absolute Gasteiger partial charge is 0.506 e. The van der Waals surface area contributed by atoms with E-state index in [1.54, 1.807) is 18.3 Å². The van der Waals surface area contributed by atoms with Gasteiger partial charge in [0.25, 0.3) is 0 Å². The average Bonchev–Trinajstić information content (AvgIpc) is 2.53. The van der Waals surface area contributed by atoms with Gasteiger partial charge in [0.05, 0.1) is 0 Å². The predicted molar refractivity (Wildman–Crippen MR) is 52.5 cm³/mol. The topological polar surface area (TPSA) is 58.9 Å². The van der Waals surface area contributed by atoms with Gasteiger partial charge in [-0.25, -0.2) is 4.98 Å². The Morgan fingerprint density at radius 3 is 2.85 bits per heavy atom. The Hall–Kier alpha value is -1.01. The van der Waals surface area contributed by atoms with Gasteiger partial charge in [0.2, 0.25) is 0 Å². The number of aromatic hydroxyl groups is 1. The number of nitrogens with zero attached hydrogens (tertiary/aromatic N) is 3. The first-order chi connectivity index (χ1) is 6.27. The maximum atomic E-state index is 9.43. The van der Waals surface area contributed by atoms with E-state index in [0.29, 0.717) is 14.6 Å². The van der Waals surface area contributed by atoms with Gasteiger partial charge in [0.1, 0.15) is 11.4 Å². The molecule has 0 bridgehead atoms. The zero-order valence-corrected chi connectivity index (χ0v) is 8.71. The van der Waals surface area contributed by atoms with Crippen LogP contribution in [-0.2, 0) is 0 Å². The van der Waals surface area contributed by atoms with Gasteiger partial charge >= 0.3 is 0 Å². The second-order valence-electron chi connectivity index (χ2n) is 2.23. The van der Waals surface area contributed by atoms with Gasteiger partial charge in [0, 0.05) is 6.20 Å². The van der Waals surface area contributed by atoms with Gasteiger partial charge in [-0.15, -0.1) is 10.2 Å². The molecular weight excluding hydrogens is 254 g/mol. The van der Waals surface area contributed by atoms with Crippen molar-refractivity contribution in [1.82, 2.24) is 15.2 Å². The Bertz CT molecular complexity index is 431. The highest BCUT2D eigenvalue weighted by atomic mass is 79.9. The van der Waals surface area contributed by atoms with Crippen molar-refractivity contribution in [2.45, 2.75) is 0 Å². The summed E-state index contributed by atoms with van der Waals surface area (Å²) in [6.45, 7) is 0. The summed E-state index contributed by atoms with van der Waals surface area (Å²) in [5.41, 5.74) is 0.464. The number of hydrogen-bond donors (Lipinski definition) is 1. The number of aromatic nitrogens is 3. The smallest absolute Gasteiger partial charge is 0.183 e. The summed E-state index contributed by atoms with van der Waals surface area (Å²) in [7, 11) is 0. The fourth-order valence-electron chi connectivity index (χ4n) is 0.863. The molecule has 2 rings (SSSR count). The minimum absolute atomic E-state index is 0.117. The Balaban J connectivity index is 2.52. The van der Waals surface area contributed by atoms with E-state index in [4.69, 9.17) is 0 Å². The van der Waals surface area contributed by atoms with Crippen LogP contribution in [0.25, 0.3) is 10.7 Å². The van der Waals surface area contributed by atoms with Crippen molar-refractivity contribution >= 4 is 27.3 Å². The summed E-state index contributed by atoms with van der Waals surface area (Å²) < 4.78 is 0.674. The van der Waals surface area contributed by atoms with Crippen molar-refractivity contribution in [3.8, 4) is 16.5 Å². The van der Waals surface area contributed by atoms with Crippen LogP contribution in [-0.4, -0.2) is 20.3 Å². The van der Waals surface area contributed by atoms with Crippen LogP contribution < -0.4 is 0 Å². The van der Waals surface area contributed by atoms with Crippen molar-refractivity contribution in [2.75, 3.05) is 0 Å². The SMILES string of the molecule is Oc1cccnc1-c1nnc(Br)s1. The molecule has 0 aliphatic heterocycles. The summed E-state index contributed by atoms with van der Waals surface area (Å²) >= 11 is 4.52. The quantitative estimate of drug-likeness (QED) is 0.850. The molecule has 0 aliphatic rings. The second kappa shape index (κ2) is 3.39. The highest BCUT2D eigenvalue weighted by Crippen LogP contribution is 2.30. The first kappa shape index (κ1) is 8.58. The highest BCUT2D eigenvalue weighted by Gasteiger charge is 2.09. The van der Waals surface area contributed by atoms with Crippen LogP contribution in [0.4, 0.5) is 0 Å². The molecule has 2 aromatic rings. The van der Waals surface area contributed by atoms with Crippen LogP contribution in [0.3, 0.4) is 0 Å². The lowest BCUT2D eigenvalue weighted by molar-refractivity contribution is 0.475. The molecule has 0 saturated carbocycles. The number of rotatable bonds is 1. The van der Waals surface area contributed by atoms with Crippen LogP contribution in [0, 0.1) is 0 Å². The first-order valence-electron chi connectivity index (χ1n) is 3.41. The molecule has 0 radical (unpaired) electrons. The molecule has 0 atom stereocenters. The van der Waals surface area contributed by atoms with Crippen LogP contribution in [0.2, 0.25) is 0 Å². The Morgan fingerprint density at radius 1 is 1.38 bits per heavy atom. The molecule has 0 saturated heterocycles. The van der Waals surface area contributed by atoms with Crippen LogP contribution in [0.5, 0.6) is 5.75 Å². The summed E-state index contributed by atoms with van der Waals surface area (Å²) in [6.07, 6.45) is 1.60. The minimum atomic E-state index is 0.117. The lowest BCUT2D eigenvalue weighted by Crippen LogP contribution is -1.82. The number of hydrogen-bond acceptors (Lipinski definition) is 5. The maximum Gasteiger partial charge on any atom is 0.183 e. The molecule has 2 heterocycles. The average molecular weight is 258 g/mol. The molecular formula is C7H4BrN3OS. The van der Waals surface area contributed by atoms with E-state index in [0.717, 1.165) is 0 Å². The van der Waals surface area contributed by atoms with Crippen molar-refractivity contribution < 1.29 is 5.11 Å². The molecule has 4 nitrogen and oxygen atoms in total. The van der Waals surface area contributed by atoms with Gasteiger partial charge in [-0.3, -0.25) is 0 Å². The molecule has 13 heavy (non-hydrogen) atoms. The monoisotopic (exact) mass is 257 g/mol. The number of halogens is 1. The molecule has 6 heteroatoms. The fraction of sp³-hybridized carbons (Fsp3) is 0. The van der Waals surface area contributed by atoms with Crippen molar-refractivity contribution in [1.29, 1.82) is 0 Å². The lowest BCUT2D eigenvalue weighted by Gasteiger charge is -1.95. The molecule has 0 unspecified atom stereocenters. The van der Waals surface area contributed by atoms with Crippen molar-refractivity contribution in [2.24, 2.45) is 0 Å². The third-order valence-electron chi connectivity index (χ3n) is 1.39. The van der Waals surface area contributed by atoms with Gasteiger partial charge in [-0.1, -0.05) is 11.3 Å². The Morgan fingerprint density at radius 2 is 2.23 bits per heavy atom. The van der Waals surface area contributed by atoms with Crippen molar-refractivity contribution in [3.63, 3.8) is 0 Å². The van der Waals surface area contributed by atoms with E-state index in [9.17, 15) is 5.11 Å². The molecule has 0 amide bonds. The summed E-state index contributed by atoms with van der Waals surface area (Å²) in [4.78, 5) is 4.00. The Kier molecular flexibility index (Phi) is 2.24. The number of pyridine rings is 1. The minimum Gasteiger partial charge on any atom is -0.506 e. The first-order valence-corrected chi connectivity index (χ1v) is 5.01. The van der Waals surface area contributed by atoms with E-state index in [-0.39, 0.29) is 5.75 Å². The summed E-state index contributed by atoms with van der Waals surface area (Å²) in [5.74, 6) is 0.117. The van der Waals surface area contributed by atoms with Gasteiger partial charge < -0.3 is 5.11 Å². The molecule has 0 fully saturated rings. The van der Waals surface area contributed by atoms with Gasteiger partial charge in [-0.2, -0.15) is 0 Å². The van der Waals surface area contributed by atoms with E-state index in [2.05, 4.69) is 31.1 Å². The van der Waals surface area contributed by atoms with E-state index >= 15 is 0 Å². The fourth-order valence-corrected chi connectivity index (χ4v) is 1.98.